The van der Waals surface area contributed by atoms with Crippen molar-refractivity contribution in [2.45, 2.75) is 51.6 Å². The number of guanidine groups is 1. The van der Waals surface area contributed by atoms with E-state index >= 15 is 0 Å². The summed E-state index contributed by atoms with van der Waals surface area (Å²) >= 11 is 0. The number of hydrogen-bond acceptors (Lipinski definition) is 4. The van der Waals surface area contributed by atoms with E-state index in [2.05, 4.69) is 15.6 Å². The first-order valence-electron chi connectivity index (χ1n) is 7.10. The Balaban J connectivity index is 1.79. The molecule has 1 saturated carbocycles. The first-order chi connectivity index (χ1) is 8.74. The van der Waals surface area contributed by atoms with Gasteiger partial charge in [0, 0.05) is 13.1 Å². The molecule has 0 radical (unpaired) electrons. The summed E-state index contributed by atoms with van der Waals surface area (Å²) in [7, 11) is 0. The van der Waals surface area contributed by atoms with E-state index in [1.165, 1.54) is 25.7 Å². The average molecular weight is 252 g/mol. The topological polar surface area (TPSA) is 56.7 Å². The number of carbonyl (C=O) groups is 1. The lowest BCUT2D eigenvalue weighted by Crippen LogP contribution is -2.45. The number of carbonyl (C=O) groups excluding carboxylic acids is 1. The lowest BCUT2D eigenvalue weighted by Gasteiger charge is -2.23. The minimum atomic E-state index is 0.138. The zero-order valence-electron chi connectivity index (χ0n) is 11.4. The maximum Gasteiger partial charge on any atom is 0.241 e. The molecule has 1 fully saturated rings. The summed E-state index contributed by atoms with van der Waals surface area (Å²) < 4.78 is 0. The molecule has 0 aromatic carbocycles. The normalized spacial score (nSPS) is 26.0. The summed E-state index contributed by atoms with van der Waals surface area (Å²) in [6, 6.07) is 0.912. The van der Waals surface area contributed by atoms with Crippen molar-refractivity contribution in [2.75, 3.05) is 19.6 Å². The second kappa shape index (κ2) is 6.07. The van der Waals surface area contributed by atoms with Gasteiger partial charge in [-0.25, -0.2) is 4.99 Å². The van der Waals surface area contributed by atoms with Gasteiger partial charge in [0.25, 0.3) is 0 Å². The van der Waals surface area contributed by atoms with Crippen molar-refractivity contribution in [3.05, 3.63) is 0 Å². The van der Waals surface area contributed by atoms with Crippen LogP contribution in [0.2, 0.25) is 0 Å². The molecule has 18 heavy (non-hydrogen) atoms. The lowest BCUT2D eigenvalue weighted by molar-refractivity contribution is -0.129. The van der Waals surface area contributed by atoms with Crippen LogP contribution in [0.5, 0.6) is 0 Å². The number of rotatable bonds is 4. The molecule has 2 N–H and O–H groups in total. The summed E-state index contributed by atoms with van der Waals surface area (Å²) in [6.45, 7) is 5.87. The largest absolute Gasteiger partial charge is 0.352 e. The van der Waals surface area contributed by atoms with E-state index in [-0.39, 0.29) is 5.91 Å². The van der Waals surface area contributed by atoms with Crippen molar-refractivity contribution in [2.24, 2.45) is 4.99 Å². The van der Waals surface area contributed by atoms with Crippen molar-refractivity contribution in [1.29, 1.82) is 0 Å². The van der Waals surface area contributed by atoms with Crippen molar-refractivity contribution in [3.63, 3.8) is 0 Å². The second-order valence-corrected chi connectivity index (χ2v) is 5.00. The number of aliphatic imine (C=N–C) groups is 1. The van der Waals surface area contributed by atoms with Crippen LogP contribution >= 0.6 is 0 Å². The third kappa shape index (κ3) is 2.94. The number of fused-ring (bicyclic) bond motifs is 1. The zero-order valence-corrected chi connectivity index (χ0v) is 11.4. The lowest BCUT2D eigenvalue weighted by atomic mass is 9.92. The molecule has 2 aliphatic rings. The van der Waals surface area contributed by atoms with Gasteiger partial charge in [-0.1, -0.05) is 12.8 Å². The Bertz CT molecular complexity index is 325. The Morgan fingerprint density at radius 2 is 2.11 bits per heavy atom. The van der Waals surface area contributed by atoms with Crippen LogP contribution in [0.25, 0.3) is 0 Å². The minimum Gasteiger partial charge on any atom is -0.352 e. The van der Waals surface area contributed by atoms with E-state index in [1.807, 2.05) is 18.7 Å². The van der Waals surface area contributed by atoms with Gasteiger partial charge in [0.1, 0.15) is 0 Å². The highest BCUT2D eigenvalue weighted by Crippen LogP contribution is 2.24. The molecule has 1 amide bonds. The molecule has 1 heterocycles. The minimum absolute atomic E-state index is 0.138. The van der Waals surface area contributed by atoms with Crippen molar-refractivity contribution in [1.82, 2.24) is 15.5 Å². The molecule has 0 saturated heterocycles. The summed E-state index contributed by atoms with van der Waals surface area (Å²) in [4.78, 5) is 18.3. The maximum atomic E-state index is 11.9. The number of nitrogens with one attached hydrogen (secondary N) is 2. The zero-order chi connectivity index (χ0) is 13.0. The Labute approximate surface area is 109 Å². The molecule has 2 rings (SSSR count). The van der Waals surface area contributed by atoms with Gasteiger partial charge in [-0.15, -0.1) is 0 Å². The Kier molecular flexibility index (Phi) is 4.44. The first kappa shape index (κ1) is 13.2. The molecule has 0 aromatic heterocycles. The van der Waals surface area contributed by atoms with Gasteiger partial charge in [0.15, 0.2) is 5.96 Å². The molecule has 1 aliphatic carbocycles. The monoisotopic (exact) mass is 252 g/mol. The molecular formula is C13H24N4O. The molecular weight excluding hydrogens is 228 g/mol. The van der Waals surface area contributed by atoms with Crippen molar-refractivity contribution < 1.29 is 4.79 Å². The molecule has 1 aliphatic heterocycles. The molecule has 5 nitrogen and oxygen atoms in total. The van der Waals surface area contributed by atoms with Crippen molar-refractivity contribution in [3.8, 4) is 0 Å². The van der Waals surface area contributed by atoms with Gasteiger partial charge < -0.3 is 15.5 Å². The summed E-state index contributed by atoms with van der Waals surface area (Å²) in [5.41, 5.74) is 0. The van der Waals surface area contributed by atoms with Crippen molar-refractivity contribution >= 4 is 11.9 Å². The van der Waals surface area contributed by atoms with Crippen LogP contribution in [0, 0.1) is 0 Å². The molecule has 5 heteroatoms. The fourth-order valence-corrected chi connectivity index (χ4v) is 2.76. The third-order valence-corrected chi connectivity index (χ3v) is 3.87. The molecule has 0 aromatic rings. The highest BCUT2D eigenvalue weighted by atomic mass is 16.2. The maximum absolute atomic E-state index is 11.9. The standard InChI is InChI=1S/C13H24N4O/c1-3-17(4-2)12(18)9-14-13-15-10-7-5-6-8-11(10)16-13/h10-11H,3-9H2,1-2H3,(H2,14,15,16)/t10-,11+. The van der Waals surface area contributed by atoms with Crippen LogP contribution in [0.1, 0.15) is 39.5 Å². The number of hydrogen-bond donors (Lipinski definition) is 2. The highest BCUT2D eigenvalue weighted by Gasteiger charge is 2.30. The van der Waals surface area contributed by atoms with Gasteiger partial charge in [-0.2, -0.15) is 0 Å². The van der Waals surface area contributed by atoms with E-state index in [9.17, 15) is 4.79 Å². The number of amides is 1. The molecule has 0 unspecified atom stereocenters. The second-order valence-electron chi connectivity index (χ2n) is 5.00. The van der Waals surface area contributed by atoms with Crippen LogP contribution in [-0.2, 0) is 4.79 Å². The Hall–Kier alpha value is -1.26. The molecule has 0 bridgehead atoms. The van der Waals surface area contributed by atoms with E-state index < -0.39 is 0 Å². The van der Waals surface area contributed by atoms with Gasteiger partial charge in [0.05, 0.1) is 18.6 Å². The summed E-state index contributed by atoms with van der Waals surface area (Å²) in [5, 5.41) is 6.53. The van der Waals surface area contributed by atoms with Crippen LogP contribution in [0.15, 0.2) is 4.99 Å². The average Bonchev–Trinajstić information content (AvgIpc) is 2.80. The Morgan fingerprint density at radius 1 is 1.39 bits per heavy atom. The van der Waals surface area contributed by atoms with E-state index in [0.717, 1.165) is 19.0 Å². The molecule has 0 spiro atoms. The van der Waals surface area contributed by atoms with Crippen LogP contribution in [0.4, 0.5) is 0 Å². The van der Waals surface area contributed by atoms with Crippen LogP contribution < -0.4 is 10.6 Å². The van der Waals surface area contributed by atoms with Gasteiger partial charge in [-0.3, -0.25) is 4.79 Å². The number of likely N-dealkylation sites (N-methyl/N-ethyl adjacent to an activating group) is 1. The van der Waals surface area contributed by atoms with Crippen LogP contribution in [0.3, 0.4) is 0 Å². The van der Waals surface area contributed by atoms with Crippen LogP contribution in [-0.4, -0.2) is 48.5 Å². The molecule has 2 atom stereocenters. The summed E-state index contributed by atoms with van der Waals surface area (Å²) in [6.07, 6.45) is 4.93. The fourth-order valence-electron chi connectivity index (χ4n) is 2.76. The van der Waals surface area contributed by atoms with E-state index in [4.69, 9.17) is 0 Å². The van der Waals surface area contributed by atoms with E-state index in [0.29, 0.717) is 18.6 Å². The van der Waals surface area contributed by atoms with Gasteiger partial charge in [-0.05, 0) is 26.7 Å². The predicted octanol–water partition coefficient (Wildman–Crippen LogP) is 0.715. The SMILES string of the molecule is CCN(CC)C(=O)CNC1=N[C@@H]2CCCC[C@@H]2N1. The quantitative estimate of drug-likeness (QED) is 0.775. The molecule has 102 valence electrons. The Morgan fingerprint density at radius 3 is 2.78 bits per heavy atom. The van der Waals surface area contributed by atoms with Gasteiger partial charge in [0.2, 0.25) is 5.91 Å². The summed E-state index contributed by atoms with van der Waals surface area (Å²) in [5.74, 6) is 0.951. The highest BCUT2D eigenvalue weighted by molar-refractivity contribution is 5.87. The predicted molar refractivity (Wildman–Crippen MR) is 72.5 cm³/mol. The van der Waals surface area contributed by atoms with Gasteiger partial charge >= 0.3 is 0 Å². The first-order valence-corrected chi connectivity index (χ1v) is 7.10. The third-order valence-electron chi connectivity index (χ3n) is 3.87. The number of nitrogens with zero attached hydrogens (tertiary/aromatic N) is 2. The smallest absolute Gasteiger partial charge is 0.241 e. The fraction of sp³-hybridized carbons (Fsp3) is 0.846. The van der Waals surface area contributed by atoms with E-state index in [1.54, 1.807) is 0 Å².